The fourth-order valence-corrected chi connectivity index (χ4v) is 1.30. The van der Waals surface area contributed by atoms with Crippen molar-refractivity contribution >= 4 is 27.3 Å². The first kappa shape index (κ1) is 9.98. The fourth-order valence-electron chi connectivity index (χ4n) is 1.03. The number of hydrogen-bond acceptors (Lipinski definition) is 3. The van der Waals surface area contributed by atoms with E-state index in [0.29, 0.717) is 0 Å². The fraction of sp³-hybridized carbons (Fsp3) is 0. The standard InChI is InChI=1S/C11H8BrN3/c12-9-1-3-10(4-2-9)14-15-11-5-7-13-8-6-11/h1-8H. The first-order chi connectivity index (χ1) is 7.34. The van der Waals surface area contributed by atoms with Crippen LogP contribution in [0.4, 0.5) is 11.4 Å². The molecule has 0 saturated heterocycles. The zero-order valence-corrected chi connectivity index (χ0v) is 9.42. The second-order valence-corrected chi connectivity index (χ2v) is 3.80. The van der Waals surface area contributed by atoms with E-state index in [4.69, 9.17) is 0 Å². The van der Waals surface area contributed by atoms with E-state index in [1.165, 1.54) is 0 Å². The maximum atomic E-state index is 4.09. The van der Waals surface area contributed by atoms with Crippen LogP contribution in [0.3, 0.4) is 0 Å². The number of nitrogens with zero attached hydrogens (tertiary/aromatic N) is 3. The topological polar surface area (TPSA) is 37.6 Å². The van der Waals surface area contributed by atoms with Gasteiger partial charge >= 0.3 is 0 Å². The molecule has 0 fully saturated rings. The van der Waals surface area contributed by atoms with Gasteiger partial charge in [0.15, 0.2) is 0 Å². The molecule has 0 bridgehead atoms. The van der Waals surface area contributed by atoms with Gasteiger partial charge in [-0.2, -0.15) is 10.2 Å². The first-order valence-corrected chi connectivity index (χ1v) is 5.21. The Labute approximate surface area is 96.0 Å². The molecular formula is C11H8BrN3. The van der Waals surface area contributed by atoms with Gasteiger partial charge in [0, 0.05) is 16.9 Å². The first-order valence-electron chi connectivity index (χ1n) is 4.42. The quantitative estimate of drug-likeness (QED) is 0.745. The van der Waals surface area contributed by atoms with Crippen molar-refractivity contribution in [2.24, 2.45) is 10.2 Å². The van der Waals surface area contributed by atoms with Crippen molar-refractivity contribution in [2.75, 3.05) is 0 Å². The second kappa shape index (κ2) is 4.79. The summed E-state index contributed by atoms with van der Waals surface area (Å²) < 4.78 is 1.03. The summed E-state index contributed by atoms with van der Waals surface area (Å²) in [6, 6.07) is 11.3. The predicted octanol–water partition coefficient (Wildman–Crippen LogP) is 4.26. The molecule has 2 aromatic rings. The molecule has 0 aliphatic carbocycles. The maximum Gasteiger partial charge on any atom is 0.0887 e. The van der Waals surface area contributed by atoms with Crippen LogP contribution >= 0.6 is 15.9 Å². The number of azo groups is 1. The molecule has 0 aliphatic rings. The summed E-state index contributed by atoms with van der Waals surface area (Å²) >= 11 is 3.36. The molecule has 1 heterocycles. The Hall–Kier alpha value is -1.55. The van der Waals surface area contributed by atoms with E-state index in [1.807, 2.05) is 36.4 Å². The minimum atomic E-state index is 0.799. The lowest BCUT2D eigenvalue weighted by Crippen LogP contribution is -1.67. The van der Waals surface area contributed by atoms with Crippen LogP contribution in [0.2, 0.25) is 0 Å². The van der Waals surface area contributed by atoms with Gasteiger partial charge in [0.25, 0.3) is 0 Å². The van der Waals surface area contributed by atoms with E-state index < -0.39 is 0 Å². The number of rotatable bonds is 2. The molecule has 0 aliphatic heterocycles. The molecule has 1 aromatic heterocycles. The lowest BCUT2D eigenvalue weighted by molar-refractivity contribution is 1.21. The molecule has 0 spiro atoms. The summed E-state index contributed by atoms with van der Waals surface area (Å²) in [5.74, 6) is 0. The molecule has 15 heavy (non-hydrogen) atoms. The molecule has 0 radical (unpaired) electrons. The van der Waals surface area contributed by atoms with Gasteiger partial charge in [-0.1, -0.05) is 15.9 Å². The van der Waals surface area contributed by atoms with Crippen LogP contribution < -0.4 is 0 Å². The Morgan fingerprint density at radius 1 is 0.800 bits per heavy atom. The Bertz CT molecular complexity index is 451. The van der Waals surface area contributed by atoms with Crippen LogP contribution in [-0.4, -0.2) is 4.98 Å². The maximum absolute atomic E-state index is 4.09. The van der Waals surface area contributed by atoms with E-state index >= 15 is 0 Å². The molecule has 0 N–H and O–H groups in total. The average Bonchev–Trinajstić information content (AvgIpc) is 2.30. The normalized spacial score (nSPS) is 10.7. The highest BCUT2D eigenvalue weighted by Gasteiger charge is 1.90. The Morgan fingerprint density at radius 3 is 1.93 bits per heavy atom. The van der Waals surface area contributed by atoms with Crippen molar-refractivity contribution in [2.45, 2.75) is 0 Å². The highest BCUT2D eigenvalue weighted by molar-refractivity contribution is 9.10. The molecular weight excluding hydrogens is 254 g/mol. The van der Waals surface area contributed by atoms with E-state index in [-0.39, 0.29) is 0 Å². The van der Waals surface area contributed by atoms with Gasteiger partial charge in [0.05, 0.1) is 11.4 Å². The second-order valence-electron chi connectivity index (χ2n) is 2.88. The van der Waals surface area contributed by atoms with Gasteiger partial charge in [0.2, 0.25) is 0 Å². The highest BCUT2D eigenvalue weighted by Crippen LogP contribution is 2.19. The van der Waals surface area contributed by atoms with Gasteiger partial charge in [-0.15, -0.1) is 0 Å². The minimum Gasteiger partial charge on any atom is -0.265 e. The largest absolute Gasteiger partial charge is 0.265 e. The van der Waals surface area contributed by atoms with Crippen molar-refractivity contribution in [1.29, 1.82) is 0 Å². The number of aromatic nitrogens is 1. The van der Waals surface area contributed by atoms with E-state index in [1.54, 1.807) is 12.4 Å². The SMILES string of the molecule is Brc1ccc(N=Nc2ccncc2)cc1. The van der Waals surface area contributed by atoms with Gasteiger partial charge < -0.3 is 0 Å². The van der Waals surface area contributed by atoms with Crippen LogP contribution in [-0.2, 0) is 0 Å². The molecule has 0 amide bonds. The van der Waals surface area contributed by atoms with E-state index in [2.05, 4.69) is 31.1 Å². The minimum absolute atomic E-state index is 0.799. The molecule has 4 heteroatoms. The molecule has 1 aromatic carbocycles. The number of halogens is 1. The van der Waals surface area contributed by atoms with Crippen molar-refractivity contribution in [1.82, 2.24) is 4.98 Å². The van der Waals surface area contributed by atoms with Crippen LogP contribution in [0.15, 0.2) is 63.5 Å². The van der Waals surface area contributed by atoms with Crippen LogP contribution in [0, 0.1) is 0 Å². The van der Waals surface area contributed by atoms with Crippen molar-refractivity contribution < 1.29 is 0 Å². The smallest absolute Gasteiger partial charge is 0.0887 e. The molecule has 2 rings (SSSR count). The number of benzene rings is 1. The molecule has 0 atom stereocenters. The molecule has 3 nitrogen and oxygen atoms in total. The summed E-state index contributed by atoms with van der Waals surface area (Å²) in [4.78, 5) is 3.90. The predicted molar refractivity (Wildman–Crippen MR) is 62.6 cm³/mol. The van der Waals surface area contributed by atoms with Crippen LogP contribution in [0.25, 0.3) is 0 Å². The lowest BCUT2D eigenvalue weighted by atomic mass is 10.3. The van der Waals surface area contributed by atoms with Gasteiger partial charge in [-0.05, 0) is 36.4 Å². The summed E-state index contributed by atoms with van der Waals surface area (Å²) in [5, 5.41) is 8.17. The van der Waals surface area contributed by atoms with Crippen molar-refractivity contribution in [3.8, 4) is 0 Å². The average molecular weight is 262 g/mol. The Morgan fingerprint density at radius 2 is 1.33 bits per heavy atom. The summed E-state index contributed by atoms with van der Waals surface area (Å²) in [5.41, 5.74) is 1.63. The van der Waals surface area contributed by atoms with Gasteiger partial charge in [0.1, 0.15) is 0 Å². The Kier molecular flexibility index (Phi) is 3.19. The van der Waals surface area contributed by atoms with Crippen molar-refractivity contribution in [3.05, 3.63) is 53.3 Å². The summed E-state index contributed by atoms with van der Waals surface area (Å²) in [6.07, 6.45) is 3.38. The van der Waals surface area contributed by atoms with E-state index in [9.17, 15) is 0 Å². The third-order valence-corrected chi connectivity index (χ3v) is 2.30. The molecule has 0 unspecified atom stereocenters. The monoisotopic (exact) mass is 261 g/mol. The highest BCUT2D eigenvalue weighted by atomic mass is 79.9. The van der Waals surface area contributed by atoms with Crippen LogP contribution in [0.1, 0.15) is 0 Å². The molecule has 74 valence electrons. The zero-order valence-electron chi connectivity index (χ0n) is 7.84. The lowest BCUT2D eigenvalue weighted by Gasteiger charge is -1.92. The Balaban J connectivity index is 2.15. The van der Waals surface area contributed by atoms with Crippen molar-refractivity contribution in [3.63, 3.8) is 0 Å². The molecule has 0 saturated carbocycles. The number of pyridine rings is 1. The third-order valence-electron chi connectivity index (χ3n) is 1.77. The summed E-state index contributed by atoms with van der Waals surface area (Å²) in [6.45, 7) is 0. The zero-order chi connectivity index (χ0) is 10.5. The third kappa shape index (κ3) is 2.95. The van der Waals surface area contributed by atoms with Gasteiger partial charge in [-0.25, -0.2) is 0 Å². The van der Waals surface area contributed by atoms with Crippen LogP contribution in [0.5, 0.6) is 0 Å². The number of hydrogen-bond donors (Lipinski definition) is 0. The van der Waals surface area contributed by atoms with E-state index in [0.717, 1.165) is 15.8 Å². The summed E-state index contributed by atoms with van der Waals surface area (Å²) in [7, 11) is 0. The van der Waals surface area contributed by atoms with Gasteiger partial charge in [-0.3, -0.25) is 4.98 Å².